The lowest BCUT2D eigenvalue weighted by molar-refractivity contribution is -0.113. The number of aryl methyl sites for hydroxylation is 2. The van der Waals surface area contributed by atoms with Crippen LogP contribution in [0.4, 0.5) is 5.00 Å². The number of thioether (sulfide) groups is 1. The molecule has 2 aromatic heterocycles. The molecule has 3 aromatic rings. The topological polar surface area (TPSA) is 95.3 Å². The molecule has 0 fully saturated rings. The molecule has 0 unspecified atom stereocenters. The van der Waals surface area contributed by atoms with E-state index in [9.17, 15) is 9.59 Å². The Bertz CT molecular complexity index is 1160. The van der Waals surface area contributed by atoms with Gasteiger partial charge in [0, 0.05) is 16.9 Å². The van der Waals surface area contributed by atoms with Gasteiger partial charge in [0.05, 0.1) is 18.4 Å². The minimum absolute atomic E-state index is 0.111. The number of ether oxygens (including phenoxy) is 2. The van der Waals surface area contributed by atoms with Crippen LogP contribution in [0.15, 0.2) is 23.4 Å². The van der Waals surface area contributed by atoms with Crippen molar-refractivity contribution in [1.29, 1.82) is 0 Å². The van der Waals surface area contributed by atoms with E-state index >= 15 is 0 Å². The Kier molecular flexibility index (Phi) is 7.81. The SMILES string of the molecule is COC(=O)c1c(NC(=O)CSc2nnc(COc3ccc(Cl)c(C)c3)n2C)sc(C)c1C. The van der Waals surface area contributed by atoms with Gasteiger partial charge in [0.25, 0.3) is 0 Å². The highest BCUT2D eigenvalue weighted by atomic mass is 35.5. The Balaban J connectivity index is 1.59. The lowest BCUT2D eigenvalue weighted by atomic mass is 10.1. The molecule has 0 aliphatic rings. The lowest BCUT2D eigenvalue weighted by Gasteiger charge is -2.08. The molecule has 32 heavy (non-hydrogen) atoms. The fourth-order valence-electron chi connectivity index (χ4n) is 2.81. The van der Waals surface area contributed by atoms with Crippen molar-refractivity contribution in [3.8, 4) is 5.75 Å². The zero-order valence-corrected chi connectivity index (χ0v) is 20.7. The molecular formula is C21H23ClN4O4S2. The molecule has 1 N–H and O–H groups in total. The van der Waals surface area contributed by atoms with Gasteiger partial charge in [0.1, 0.15) is 17.4 Å². The van der Waals surface area contributed by atoms with Crippen LogP contribution >= 0.6 is 34.7 Å². The van der Waals surface area contributed by atoms with Crippen LogP contribution in [0.25, 0.3) is 0 Å². The van der Waals surface area contributed by atoms with Crippen molar-refractivity contribution >= 4 is 51.6 Å². The van der Waals surface area contributed by atoms with Crippen LogP contribution in [-0.4, -0.2) is 39.5 Å². The van der Waals surface area contributed by atoms with Gasteiger partial charge >= 0.3 is 5.97 Å². The second-order valence-electron chi connectivity index (χ2n) is 6.97. The first-order valence-electron chi connectivity index (χ1n) is 9.59. The molecule has 0 atom stereocenters. The quantitative estimate of drug-likeness (QED) is 0.362. The summed E-state index contributed by atoms with van der Waals surface area (Å²) in [6.07, 6.45) is 0. The highest BCUT2D eigenvalue weighted by molar-refractivity contribution is 7.99. The van der Waals surface area contributed by atoms with Crippen LogP contribution in [-0.2, 0) is 23.2 Å². The second kappa shape index (κ2) is 10.4. The molecule has 0 saturated carbocycles. The molecule has 0 aliphatic heterocycles. The number of thiophene rings is 1. The third-order valence-corrected chi connectivity index (χ3v) is 7.35. The van der Waals surface area contributed by atoms with Gasteiger partial charge in [0.2, 0.25) is 5.91 Å². The van der Waals surface area contributed by atoms with Crippen molar-refractivity contribution in [3.63, 3.8) is 0 Å². The highest BCUT2D eigenvalue weighted by Crippen LogP contribution is 2.33. The Morgan fingerprint density at radius 1 is 1.25 bits per heavy atom. The maximum Gasteiger partial charge on any atom is 0.341 e. The third kappa shape index (κ3) is 5.43. The Labute approximate surface area is 199 Å². The van der Waals surface area contributed by atoms with Crippen LogP contribution in [0.5, 0.6) is 5.75 Å². The highest BCUT2D eigenvalue weighted by Gasteiger charge is 2.22. The maximum absolute atomic E-state index is 12.5. The third-order valence-electron chi connectivity index (χ3n) is 4.78. The van der Waals surface area contributed by atoms with Gasteiger partial charge in [-0.1, -0.05) is 23.4 Å². The van der Waals surface area contributed by atoms with Crippen molar-refractivity contribution in [2.24, 2.45) is 7.05 Å². The predicted octanol–water partition coefficient (Wildman–Crippen LogP) is 4.55. The maximum atomic E-state index is 12.5. The van der Waals surface area contributed by atoms with E-state index < -0.39 is 5.97 Å². The molecule has 3 rings (SSSR count). The van der Waals surface area contributed by atoms with E-state index in [2.05, 4.69) is 15.5 Å². The average molecular weight is 495 g/mol. The summed E-state index contributed by atoms with van der Waals surface area (Å²) in [5, 5.41) is 12.8. The lowest BCUT2D eigenvalue weighted by Crippen LogP contribution is -2.16. The summed E-state index contributed by atoms with van der Waals surface area (Å²) in [5.74, 6) is 0.701. The fraction of sp³-hybridized carbons (Fsp3) is 0.333. The number of methoxy groups -OCH3 is 1. The van der Waals surface area contributed by atoms with Crippen LogP contribution in [0, 0.1) is 20.8 Å². The van der Waals surface area contributed by atoms with Crippen LogP contribution < -0.4 is 10.1 Å². The molecule has 0 bridgehead atoms. The number of halogens is 1. The number of hydrogen-bond donors (Lipinski definition) is 1. The molecular weight excluding hydrogens is 472 g/mol. The van der Waals surface area contributed by atoms with Gasteiger partial charge in [-0.2, -0.15) is 0 Å². The Morgan fingerprint density at radius 3 is 2.69 bits per heavy atom. The smallest absolute Gasteiger partial charge is 0.341 e. The summed E-state index contributed by atoms with van der Waals surface area (Å²) in [4.78, 5) is 25.5. The van der Waals surface area contributed by atoms with Gasteiger partial charge in [-0.05, 0) is 50.1 Å². The number of amides is 1. The van der Waals surface area contributed by atoms with E-state index in [-0.39, 0.29) is 18.3 Å². The summed E-state index contributed by atoms with van der Waals surface area (Å²) in [5.41, 5.74) is 2.12. The molecule has 0 saturated heterocycles. The van der Waals surface area contributed by atoms with E-state index in [1.54, 1.807) is 16.7 Å². The van der Waals surface area contributed by atoms with E-state index in [0.717, 1.165) is 16.0 Å². The Hall–Kier alpha value is -2.56. The van der Waals surface area contributed by atoms with Gasteiger partial charge in [-0.25, -0.2) is 4.79 Å². The number of carbonyl (C=O) groups is 2. The molecule has 11 heteroatoms. The van der Waals surface area contributed by atoms with Crippen LogP contribution in [0.2, 0.25) is 5.02 Å². The zero-order chi connectivity index (χ0) is 23.4. The second-order valence-corrected chi connectivity index (χ2v) is 9.55. The first kappa shape index (κ1) is 24.1. The number of nitrogens with zero attached hydrogens (tertiary/aromatic N) is 3. The first-order valence-corrected chi connectivity index (χ1v) is 11.8. The summed E-state index contributed by atoms with van der Waals surface area (Å²) >= 11 is 8.63. The van der Waals surface area contributed by atoms with E-state index in [4.69, 9.17) is 21.1 Å². The summed E-state index contributed by atoms with van der Waals surface area (Å²) in [6, 6.07) is 5.43. The van der Waals surface area contributed by atoms with Crippen molar-refractivity contribution < 1.29 is 19.1 Å². The van der Waals surface area contributed by atoms with Crippen molar-refractivity contribution in [2.45, 2.75) is 32.5 Å². The minimum Gasteiger partial charge on any atom is -0.486 e. The van der Waals surface area contributed by atoms with E-state index in [1.165, 1.54) is 30.2 Å². The van der Waals surface area contributed by atoms with Crippen molar-refractivity contribution in [1.82, 2.24) is 14.8 Å². The van der Waals surface area contributed by atoms with E-state index in [0.29, 0.717) is 32.3 Å². The van der Waals surface area contributed by atoms with Gasteiger partial charge < -0.3 is 19.4 Å². The van der Waals surface area contributed by atoms with E-state index in [1.807, 2.05) is 33.9 Å². The first-order chi connectivity index (χ1) is 15.2. The molecule has 1 amide bonds. The zero-order valence-electron chi connectivity index (χ0n) is 18.3. The van der Waals surface area contributed by atoms with Gasteiger partial charge in [-0.3, -0.25) is 4.79 Å². The van der Waals surface area contributed by atoms with Crippen LogP contribution in [0.3, 0.4) is 0 Å². The number of esters is 1. The molecule has 8 nitrogen and oxygen atoms in total. The molecule has 0 aliphatic carbocycles. The number of carbonyl (C=O) groups excluding carboxylic acids is 2. The predicted molar refractivity (Wildman–Crippen MR) is 126 cm³/mol. The summed E-state index contributed by atoms with van der Waals surface area (Å²) in [6.45, 7) is 5.86. The minimum atomic E-state index is -0.469. The number of hydrogen-bond acceptors (Lipinski definition) is 8. The molecule has 170 valence electrons. The Morgan fingerprint density at radius 2 is 2.00 bits per heavy atom. The molecule has 2 heterocycles. The number of rotatable bonds is 8. The van der Waals surface area contributed by atoms with Gasteiger partial charge in [0.15, 0.2) is 11.0 Å². The number of aromatic nitrogens is 3. The standard InChI is InChI=1S/C21H23ClN4O4S2/c1-11-8-14(6-7-15(11)22)30-9-16-24-25-21(26(16)4)31-10-17(27)23-19-18(20(28)29-5)12(2)13(3)32-19/h6-8H,9-10H2,1-5H3,(H,23,27). The van der Waals surface area contributed by atoms with Gasteiger partial charge in [-0.15, -0.1) is 21.5 Å². The van der Waals surface area contributed by atoms with Crippen molar-refractivity contribution in [2.75, 3.05) is 18.2 Å². The average Bonchev–Trinajstić information content (AvgIpc) is 3.25. The van der Waals surface area contributed by atoms with Crippen molar-refractivity contribution in [3.05, 3.63) is 50.6 Å². The fourth-order valence-corrected chi connectivity index (χ4v) is 4.72. The number of anilines is 1. The number of benzene rings is 1. The number of nitrogens with one attached hydrogen (secondary N) is 1. The normalized spacial score (nSPS) is 10.8. The molecule has 1 aromatic carbocycles. The summed E-state index contributed by atoms with van der Waals surface area (Å²) < 4.78 is 12.4. The molecule has 0 radical (unpaired) electrons. The summed E-state index contributed by atoms with van der Waals surface area (Å²) in [7, 11) is 3.13. The van der Waals surface area contributed by atoms with Crippen LogP contribution in [0.1, 0.15) is 32.2 Å². The molecule has 0 spiro atoms. The monoisotopic (exact) mass is 494 g/mol. The largest absolute Gasteiger partial charge is 0.486 e.